The molecule has 2 aromatic carbocycles. The number of anilines is 1. The minimum atomic E-state index is 0.542. The van der Waals surface area contributed by atoms with Gasteiger partial charge >= 0.3 is 0 Å². The maximum Gasteiger partial charge on any atom is 0.228 e. The molecule has 1 amide bonds. The summed E-state index contributed by atoms with van der Waals surface area (Å²) in [5, 5.41) is 1.01. The summed E-state index contributed by atoms with van der Waals surface area (Å²) in [6.45, 7) is 0. The molecule has 0 saturated heterocycles. The van der Waals surface area contributed by atoms with E-state index in [4.69, 9.17) is 5.84 Å². The Kier molecular flexibility index (Phi) is 2.39. The molecule has 0 atom stereocenters. The van der Waals surface area contributed by atoms with Gasteiger partial charge in [-0.05, 0) is 24.3 Å². The van der Waals surface area contributed by atoms with Gasteiger partial charge in [-0.1, -0.05) is 18.2 Å². The van der Waals surface area contributed by atoms with E-state index in [9.17, 15) is 4.79 Å². The van der Waals surface area contributed by atoms with Crippen LogP contribution in [0.1, 0.15) is 0 Å². The number of amides is 1. The predicted molar refractivity (Wildman–Crippen MR) is 69.8 cm³/mol. The number of hydrogen-bond acceptors (Lipinski definition) is 4. The van der Waals surface area contributed by atoms with Crippen LogP contribution in [0.4, 0.5) is 5.69 Å². The molecule has 3 rings (SSSR count). The fourth-order valence-electron chi connectivity index (χ4n) is 1.89. The molecule has 0 saturated carbocycles. The van der Waals surface area contributed by atoms with Crippen molar-refractivity contribution in [1.82, 2.24) is 9.97 Å². The molecular formula is C13H10N4O. The molecular weight excluding hydrogens is 228 g/mol. The fraction of sp³-hybridized carbons (Fsp3) is 0. The Labute approximate surface area is 103 Å². The highest BCUT2D eigenvalue weighted by molar-refractivity contribution is 5.96. The highest BCUT2D eigenvalue weighted by Gasteiger charge is 2.09. The van der Waals surface area contributed by atoms with Gasteiger partial charge in [0, 0.05) is 0 Å². The van der Waals surface area contributed by atoms with E-state index in [0.29, 0.717) is 23.1 Å². The van der Waals surface area contributed by atoms with Gasteiger partial charge in [0.1, 0.15) is 5.52 Å². The summed E-state index contributed by atoms with van der Waals surface area (Å²) < 4.78 is 0. The zero-order valence-corrected chi connectivity index (χ0v) is 9.45. The van der Waals surface area contributed by atoms with Crippen LogP contribution in [0.3, 0.4) is 0 Å². The molecule has 88 valence electrons. The Morgan fingerprint density at radius 3 is 2.33 bits per heavy atom. The molecule has 5 heteroatoms. The number of nitrogens with zero attached hydrogens (tertiary/aromatic N) is 3. The normalized spacial score (nSPS) is 10.7. The Morgan fingerprint density at radius 2 is 1.61 bits per heavy atom. The highest BCUT2D eigenvalue weighted by Crippen LogP contribution is 2.23. The molecule has 0 spiro atoms. The summed E-state index contributed by atoms with van der Waals surface area (Å²) in [7, 11) is 0. The molecule has 0 aliphatic carbocycles. The standard InChI is InChI=1S/C13H10N4O/c14-17(8-18)12-7-3-6-11-13(12)16-10-5-2-1-4-9(10)15-11/h1-8H,14H2. The van der Waals surface area contributed by atoms with Gasteiger partial charge in [0.15, 0.2) is 0 Å². The Morgan fingerprint density at radius 1 is 0.944 bits per heavy atom. The monoisotopic (exact) mass is 238 g/mol. The number of nitrogens with two attached hydrogens (primary N) is 1. The van der Waals surface area contributed by atoms with Crippen LogP contribution in [0, 0.1) is 0 Å². The van der Waals surface area contributed by atoms with Gasteiger partial charge < -0.3 is 0 Å². The third kappa shape index (κ3) is 1.57. The first-order valence-electron chi connectivity index (χ1n) is 5.44. The quantitative estimate of drug-likeness (QED) is 0.242. The topological polar surface area (TPSA) is 72.1 Å². The van der Waals surface area contributed by atoms with Gasteiger partial charge in [-0.2, -0.15) is 0 Å². The van der Waals surface area contributed by atoms with Crippen LogP contribution in [0.2, 0.25) is 0 Å². The number of para-hydroxylation sites is 3. The molecule has 0 aliphatic rings. The zero-order valence-electron chi connectivity index (χ0n) is 9.45. The van der Waals surface area contributed by atoms with Crippen LogP contribution >= 0.6 is 0 Å². The van der Waals surface area contributed by atoms with Gasteiger partial charge in [0.25, 0.3) is 0 Å². The van der Waals surface area contributed by atoms with Crippen molar-refractivity contribution in [3.05, 3.63) is 42.5 Å². The van der Waals surface area contributed by atoms with Crippen LogP contribution in [0.5, 0.6) is 0 Å². The number of aromatic nitrogens is 2. The lowest BCUT2D eigenvalue weighted by atomic mass is 10.2. The summed E-state index contributed by atoms with van der Waals surface area (Å²) >= 11 is 0. The predicted octanol–water partition coefficient (Wildman–Crippen LogP) is 1.62. The molecule has 0 radical (unpaired) electrons. The van der Waals surface area contributed by atoms with E-state index in [2.05, 4.69) is 9.97 Å². The lowest BCUT2D eigenvalue weighted by molar-refractivity contribution is -0.107. The van der Waals surface area contributed by atoms with Gasteiger partial charge in [-0.3, -0.25) is 4.79 Å². The van der Waals surface area contributed by atoms with Crippen LogP contribution in [0.15, 0.2) is 42.5 Å². The van der Waals surface area contributed by atoms with Crippen LogP contribution in [-0.2, 0) is 4.79 Å². The zero-order chi connectivity index (χ0) is 12.5. The average Bonchev–Trinajstić information content (AvgIpc) is 2.43. The molecule has 1 aromatic heterocycles. The number of fused-ring (bicyclic) bond motifs is 2. The minimum Gasteiger partial charge on any atom is -0.277 e. The minimum absolute atomic E-state index is 0.542. The van der Waals surface area contributed by atoms with E-state index in [0.717, 1.165) is 16.0 Å². The Hall–Kier alpha value is -2.53. The molecule has 2 N–H and O–H groups in total. The van der Waals surface area contributed by atoms with Crippen molar-refractivity contribution >= 4 is 34.2 Å². The second-order valence-corrected chi connectivity index (χ2v) is 3.87. The van der Waals surface area contributed by atoms with Crippen molar-refractivity contribution in [1.29, 1.82) is 0 Å². The average molecular weight is 238 g/mol. The number of rotatable bonds is 2. The number of hydrogen-bond donors (Lipinski definition) is 1. The molecule has 0 unspecified atom stereocenters. The lowest BCUT2D eigenvalue weighted by Crippen LogP contribution is -2.29. The molecule has 1 heterocycles. The molecule has 0 aliphatic heterocycles. The van der Waals surface area contributed by atoms with E-state index in [1.54, 1.807) is 12.1 Å². The first-order valence-corrected chi connectivity index (χ1v) is 5.44. The van der Waals surface area contributed by atoms with E-state index < -0.39 is 0 Å². The van der Waals surface area contributed by atoms with E-state index in [1.807, 2.05) is 30.3 Å². The number of hydrazine groups is 1. The van der Waals surface area contributed by atoms with Crippen molar-refractivity contribution in [2.24, 2.45) is 5.84 Å². The van der Waals surface area contributed by atoms with E-state index >= 15 is 0 Å². The van der Waals surface area contributed by atoms with Crippen LogP contribution in [0.25, 0.3) is 22.1 Å². The Balaban J connectivity index is 2.39. The van der Waals surface area contributed by atoms with Gasteiger partial charge in [0.05, 0.1) is 22.2 Å². The third-order valence-electron chi connectivity index (χ3n) is 2.74. The summed E-state index contributed by atoms with van der Waals surface area (Å²) in [5.41, 5.74) is 3.46. The third-order valence-corrected chi connectivity index (χ3v) is 2.74. The van der Waals surface area contributed by atoms with Crippen molar-refractivity contribution in [3.63, 3.8) is 0 Å². The van der Waals surface area contributed by atoms with E-state index in [-0.39, 0.29) is 0 Å². The second-order valence-electron chi connectivity index (χ2n) is 3.87. The SMILES string of the molecule is NN(C=O)c1cccc2nc3ccccc3nc12. The van der Waals surface area contributed by atoms with Gasteiger partial charge in [0.2, 0.25) is 6.41 Å². The van der Waals surface area contributed by atoms with Crippen molar-refractivity contribution in [2.45, 2.75) is 0 Å². The Bertz CT molecular complexity index is 741. The first kappa shape index (κ1) is 10.6. The molecule has 3 aromatic rings. The van der Waals surface area contributed by atoms with E-state index in [1.165, 1.54) is 0 Å². The molecule has 0 fully saturated rings. The second kappa shape index (κ2) is 4.05. The highest BCUT2D eigenvalue weighted by atomic mass is 16.1. The molecule has 18 heavy (non-hydrogen) atoms. The van der Waals surface area contributed by atoms with Crippen molar-refractivity contribution < 1.29 is 4.79 Å². The first-order chi connectivity index (χ1) is 8.79. The van der Waals surface area contributed by atoms with Crippen LogP contribution in [-0.4, -0.2) is 16.4 Å². The summed E-state index contributed by atoms with van der Waals surface area (Å²) in [5.74, 6) is 5.60. The smallest absolute Gasteiger partial charge is 0.228 e. The summed E-state index contributed by atoms with van der Waals surface area (Å²) in [6, 6.07) is 13.0. The number of carbonyl (C=O) groups is 1. The van der Waals surface area contributed by atoms with Crippen LogP contribution < -0.4 is 10.9 Å². The van der Waals surface area contributed by atoms with Gasteiger partial charge in [-0.15, -0.1) is 0 Å². The lowest BCUT2D eigenvalue weighted by Gasteiger charge is -2.12. The molecule has 0 bridgehead atoms. The fourth-order valence-corrected chi connectivity index (χ4v) is 1.89. The summed E-state index contributed by atoms with van der Waals surface area (Å²) in [6.07, 6.45) is 0.547. The maximum atomic E-state index is 10.8. The molecule has 5 nitrogen and oxygen atoms in total. The largest absolute Gasteiger partial charge is 0.277 e. The summed E-state index contributed by atoms with van der Waals surface area (Å²) in [4.78, 5) is 19.8. The van der Waals surface area contributed by atoms with Crippen molar-refractivity contribution in [2.75, 3.05) is 5.01 Å². The number of carbonyl (C=O) groups excluding carboxylic acids is 1. The number of benzene rings is 2. The van der Waals surface area contributed by atoms with Crippen molar-refractivity contribution in [3.8, 4) is 0 Å². The van der Waals surface area contributed by atoms with Gasteiger partial charge in [-0.25, -0.2) is 20.8 Å². The maximum absolute atomic E-state index is 10.8.